The SMILES string of the molecule is Cc1cc(C)c(Nc2ccnc(N(C)C3CCS(=O)(=O)C3)n2)c(Cl)c1. The molecule has 1 N–H and O–H groups in total. The van der Waals surface area contributed by atoms with E-state index in [0.29, 0.717) is 23.2 Å². The largest absolute Gasteiger partial charge is 0.340 e. The van der Waals surface area contributed by atoms with Gasteiger partial charge in [0.15, 0.2) is 9.84 Å². The minimum Gasteiger partial charge on any atom is -0.340 e. The Morgan fingerprint density at radius 3 is 2.72 bits per heavy atom. The summed E-state index contributed by atoms with van der Waals surface area (Å²) < 4.78 is 23.4. The highest BCUT2D eigenvalue weighted by molar-refractivity contribution is 7.91. The number of anilines is 3. The van der Waals surface area contributed by atoms with E-state index in [-0.39, 0.29) is 17.5 Å². The molecular formula is C17H21ClN4O2S. The van der Waals surface area contributed by atoms with Gasteiger partial charge in [-0.2, -0.15) is 4.98 Å². The lowest BCUT2D eigenvalue weighted by molar-refractivity contribution is 0.600. The number of nitrogens with zero attached hydrogens (tertiary/aromatic N) is 3. The second-order valence-electron chi connectivity index (χ2n) is 6.47. The van der Waals surface area contributed by atoms with E-state index in [2.05, 4.69) is 15.3 Å². The highest BCUT2D eigenvalue weighted by Crippen LogP contribution is 2.30. The first-order chi connectivity index (χ1) is 11.7. The third-order valence-corrected chi connectivity index (χ3v) is 6.45. The van der Waals surface area contributed by atoms with Crippen LogP contribution in [0.2, 0.25) is 5.02 Å². The van der Waals surface area contributed by atoms with E-state index in [1.165, 1.54) is 0 Å². The number of sulfone groups is 1. The summed E-state index contributed by atoms with van der Waals surface area (Å²) in [4.78, 5) is 10.6. The van der Waals surface area contributed by atoms with Crippen LogP contribution in [0.5, 0.6) is 0 Å². The monoisotopic (exact) mass is 380 g/mol. The molecule has 0 amide bonds. The quantitative estimate of drug-likeness (QED) is 0.878. The molecule has 3 rings (SSSR count). The average Bonchev–Trinajstić information content (AvgIpc) is 2.90. The van der Waals surface area contributed by atoms with Crippen molar-refractivity contribution in [2.24, 2.45) is 0 Å². The number of benzene rings is 1. The van der Waals surface area contributed by atoms with E-state index in [1.54, 1.807) is 12.3 Å². The van der Waals surface area contributed by atoms with E-state index in [4.69, 9.17) is 11.6 Å². The van der Waals surface area contributed by atoms with Gasteiger partial charge in [0, 0.05) is 19.3 Å². The molecule has 0 spiro atoms. The highest BCUT2D eigenvalue weighted by Gasteiger charge is 2.31. The van der Waals surface area contributed by atoms with Crippen LogP contribution in [0.1, 0.15) is 17.5 Å². The first-order valence-corrected chi connectivity index (χ1v) is 10.3. The second kappa shape index (κ2) is 6.80. The van der Waals surface area contributed by atoms with Crippen LogP contribution in [-0.2, 0) is 9.84 Å². The van der Waals surface area contributed by atoms with Crippen molar-refractivity contribution >= 4 is 38.9 Å². The van der Waals surface area contributed by atoms with Crippen molar-refractivity contribution in [2.75, 3.05) is 28.8 Å². The third-order valence-electron chi connectivity index (χ3n) is 4.40. The van der Waals surface area contributed by atoms with Gasteiger partial charge < -0.3 is 10.2 Å². The molecule has 25 heavy (non-hydrogen) atoms. The molecule has 0 bridgehead atoms. The fourth-order valence-corrected chi connectivity index (χ4v) is 5.18. The summed E-state index contributed by atoms with van der Waals surface area (Å²) in [7, 11) is -1.12. The standard InChI is InChI=1S/C17H21ClN4O2S/c1-11-8-12(2)16(14(18)9-11)20-15-4-6-19-17(21-15)22(3)13-5-7-25(23,24)10-13/h4,6,8-9,13H,5,7,10H2,1-3H3,(H,19,20,21). The van der Waals surface area contributed by atoms with Crippen molar-refractivity contribution in [1.82, 2.24) is 9.97 Å². The van der Waals surface area contributed by atoms with Gasteiger partial charge in [-0.1, -0.05) is 17.7 Å². The maximum Gasteiger partial charge on any atom is 0.227 e. The van der Waals surface area contributed by atoms with Crippen molar-refractivity contribution in [3.8, 4) is 0 Å². The van der Waals surface area contributed by atoms with Crippen LogP contribution in [-0.4, -0.2) is 43.0 Å². The average molecular weight is 381 g/mol. The smallest absolute Gasteiger partial charge is 0.227 e. The van der Waals surface area contributed by atoms with Crippen LogP contribution >= 0.6 is 11.6 Å². The van der Waals surface area contributed by atoms with Crippen molar-refractivity contribution in [3.05, 3.63) is 40.5 Å². The molecule has 1 saturated heterocycles. The molecule has 2 aromatic rings. The zero-order valence-corrected chi connectivity index (χ0v) is 16.0. The molecule has 134 valence electrons. The normalized spacial score (nSPS) is 19.0. The van der Waals surface area contributed by atoms with Gasteiger partial charge >= 0.3 is 0 Å². The Labute approximate surface area is 153 Å². The van der Waals surface area contributed by atoms with Crippen molar-refractivity contribution < 1.29 is 8.42 Å². The van der Waals surface area contributed by atoms with Crippen molar-refractivity contribution in [1.29, 1.82) is 0 Å². The molecule has 0 radical (unpaired) electrons. The first-order valence-electron chi connectivity index (χ1n) is 8.05. The van der Waals surface area contributed by atoms with Crippen LogP contribution in [0.25, 0.3) is 0 Å². The molecule has 0 saturated carbocycles. The lowest BCUT2D eigenvalue weighted by atomic mass is 10.1. The minimum absolute atomic E-state index is 0.0926. The van der Waals surface area contributed by atoms with Crippen LogP contribution in [0, 0.1) is 13.8 Å². The number of nitrogens with one attached hydrogen (secondary N) is 1. The summed E-state index contributed by atoms with van der Waals surface area (Å²) in [5.74, 6) is 1.48. The van der Waals surface area contributed by atoms with E-state index in [9.17, 15) is 8.42 Å². The zero-order valence-electron chi connectivity index (χ0n) is 14.5. The second-order valence-corrected chi connectivity index (χ2v) is 9.11. The van der Waals surface area contributed by atoms with Gasteiger partial charge in [-0.05, 0) is 43.5 Å². The van der Waals surface area contributed by atoms with Crippen LogP contribution in [0.4, 0.5) is 17.5 Å². The van der Waals surface area contributed by atoms with Gasteiger partial charge in [-0.15, -0.1) is 0 Å². The van der Waals surface area contributed by atoms with Crippen molar-refractivity contribution in [3.63, 3.8) is 0 Å². The summed E-state index contributed by atoms with van der Waals surface area (Å²) in [6.07, 6.45) is 2.25. The fourth-order valence-electron chi connectivity index (χ4n) is 3.03. The first kappa shape index (κ1) is 17.9. The molecular weight excluding hydrogens is 360 g/mol. The molecule has 8 heteroatoms. The number of hydrogen-bond acceptors (Lipinski definition) is 6. The molecule has 1 unspecified atom stereocenters. The third kappa shape index (κ3) is 4.04. The molecule has 0 aliphatic carbocycles. The number of aromatic nitrogens is 2. The van der Waals surface area contributed by atoms with Gasteiger partial charge in [0.25, 0.3) is 0 Å². The highest BCUT2D eigenvalue weighted by atomic mass is 35.5. The molecule has 6 nitrogen and oxygen atoms in total. The zero-order chi connectivity index (χ0) is 18.2. The summed E-state index contributed by atoms with van der Waals surface area (Å²) in [5, 5.41) is 3.87. The predicted molar refractivity (Wildman–Crippen MR) is 102 cm³/mol. The Kier molecular flexibility index (Phi) is 4.88. The molecule has 1 aliphatic heterocycles. The van der Waals surface area contributed by atoms with E-state index < -0.39 is 9.84 Å². The summed E-state index contributed by atoms with van der Waals surface area (Å²) in [5.41, 5.74) is 2.93. The molecule has 1 aromatic heterocycles. The van der Waals surface area contributed by atoms with Gasteiger partial charge in [0.2, 0.25) is 5.95 Å². The number of aryl methyl sites for hydroxylation is 2. The fraction of sp³-hybridized carbons (Fsp3) is 0.412. The van der Waals surface area contributed by atoms with Gasteiger partial charge in [0.05, 0.1) is 22.2 Å². The maximum atomic E-state index is 11.7. The molecule has 1 fully saturated rings. The minimum atomic E-state index is -2.95. The maximum absolute atomic E-state index is 11.7. The number of halogens is 1. The molecule has 2 heterocycles. The van der Waals surface area contributed by atoms with E-state index >= 15 is 0 Å². The van der Waals surface area contributed by atoms with Crippen molar-refractivity contribution in [2.45, 2.75) is 26.3 Å². The Morgan fingerprint density at radius 1 is 1.32 bits per heavy atom. The molecule has 1 aliphatic rings. The molecule has 1 aromatic carbocycles. The lowest BCUT2D eigenvalue weighted by Crippen LogP contribution is -2.33. The van der Waals surface area contributed by atoms with E-state index in [0.717, 1.165) is 16.8 Å². The summed E-state index contributed by atoms with van der Waals surface area (Å²) in [6, 6.07) is 5.61. The Hall–Kier alpha value is -1.86. The predicted octanol–water partition coefficient (Wildman–Crippen LogP) is 3.11. The molecule has 1 atom stereocenters. The lowest BCUT2D eigenvalue weighted by Gasteiger charge is -2.23. The van der Waals surface area contributed by atoms with Crippen LogP contribution in [0.3, 0.4) is 0 Å². The summed E-state index contributed by atoms with van der Waals surface area (Å²) in [6.45, 7) is 3.98. The number of hydrogen-bond donors (Lipinski definition) is 1. The summed E-state index contributed by atoms with van der Waals surface area (Å²) >= 11 is 6.34. The Bertz CT molecular complexity index is 878. The van der Waals surface area contributed by atoms with E-state index in [1.807, 2.05) is 37.9 Å². The van der Waals surface area contributed by atoms with Gasteiger partial charge in [0.1, 0.15) is 5.82 Å². The topological polar surface area (TPSA) is 75.2 Å². The Morgan fingerprint density at radius 2 is 2.08 bits per heavy atom. The van der Waals surface area contributed by atoms with Gasteiger partial charge in [-0.25, -0.2) is 13.4 Å². The van der Waals surface area contributed by atoms with Crippen LogP contribution in [0.15, 0.2) is 24.4 Å². The van der Waals surface area contributed by atoms with Crippen LogP contribution < -0.4 is 10.2 Å². The number of rotatable bonds is 4. The van der Waals surface area contributed by atoms with Gasteiger partial charge in [-0.3, -0.25) is 0 Å². The Balaban J connectivity index is 1.83.